The van der Waals surface area contributed by atoms with E-state index in [1.165, 1.54) is 38.2 Å². The van der Waals surface area contributed by atoms with Crippen molar-refractivity contribution in [1.29, 1.82) is 0 Å². The zero-order valence-electron chi connectivity index (χ0n) is 12.5. The van der Waals surface area contributed by atoms with Crippen LogP contribution < -0.4 is 0 Å². The first-order valence-electron chi connectivity index (χ1n) is 7.41. The van der Waals surface area contributed by atoms with E-state index in [1.54, 1.807) is 0 Å². The fourth-order valence-electron chi connectivity index (χ4n) is 3.86. The van der Waals surface area contributed by atoms with Crippen molar-refractivity contribution in [3.63, 3.8) is 0 Å². The molecule has 2 nitrogen and oxygen atoms in total. The number of ether oxygens (including phenoxy) is 1. The number of carbonyl (C=O) groups is 1. The van der Waals surface area contributed by atoms with Crippen molar-refractivity contribution in [1.82, 2.24) is 0 Å². The minimum absolute atomic E-state index is 0.207. The SMILES string of the molecule is C=C1[C@H]2CC[C@@H](C2)[C@@]1(C)CC/C=C(/C)COC(C)=O. The Hall–Kier alpha value is -1.05. The Morgan fingerprint density at radius 3 is 2.79 bits per heavy atom. The average Bonchev–Trinajstić information content (AvgIpc) is 2.91. The van der Waals surface area contributed by atoms with Gasteiger partial charge in [-0.15, -0.1) is 0 Å². The Balaban J connectivity index is 1.84. The molecule has 0 radical (unpaired) electrons. The number of hydrogen-bond acceptors (Lipinski definition) is 2. The van der Waals surface area contributed by atoms with Gasteiger partial charge in [0.2, 0.25) is 0 Å². The molecule has 2 aliphatic carbocycles. The van der Waals surface area contributed by atoms with Crippen molar-refractivity contribution in [2.24, 2.45) is 17.3 Å². The molecule has 0 aliphatic heterocycles. The lowest BCUT2D eigenvalue weighted by Gasteiger charge is -2.36. The Bertz CT molecular complexity index is 407. The summed E-state index contributed by atoms with van der Waals surface area (Å²) in [5.41, 5.74) is 2.99. The molecule has 2 heteroatoms. The molecule has 0 aromatic rings. The molecule has 0 aromatic carbocycles. The van der Waals surface area contributed by atoms with Gasteiger partial charge in [0, 0.05) is 6.92 Å². The Morgan fingerprint density at radius 2 is 2.21 bits per heavy atom. The standard InChI is InChI=1S/C17H26O2/c1-12(11-19-14(3)18)6-5-9-17(4)13(2)15-7-8-16(17)10-15/h6,15-16H,2,5,7-11H2,1,3-4H3/b12-6-/t15-,16-,17-/m0/s1. The molecule has 0 N–H and O–H groups in total. The fraction of sp³-hybridized carbons (Fsp3) is 0.706. The van der Waals surface area contributed by atoms with E-state index in [9.17, 15) is 4.79 Å². The molecule has 0 amide bonds. The van der Waals surface area contributed by atoms with Crippen LogP contribution in [0.4, 0.5) is 0 Å². The summed E-state index contributed by atoms with van der Waals surface area (Å²) in [5, 5.41) is 0. The van der Waals surface area contributed by atoms with Crippen molar-refractivity contribution in [2.45, 2.75) is 52.9 Å². The number of allylic oxidation sites excluding steroid dienone is 2. The first-order valence-corrected chi connectivity index (χ1v) is 7.41. The fourth-order valence-corrected chi connectivity index (χ4v) is 3.86. The summed E-state index contributed by atoms with van der Waals surface area (Å²) in [5.74, 6) is 1.44. The molecular weight excluding hydrogens is 236 g/mol. The van der Waals surface area contributed by atoms with Crippen molar-refractivity contribution in [3.05, 3.63) is 23.8 Å². The number of rotatable bonds is 5. The van der Waals surface area contributed by atoms with Crippen molar-refractivity contribution in [3.8, 4) is 0 Å². The molecule has 0 heterocycles. The quantitative estimate of drug-likeness (QED) is 0.546. The van der Waals surface area contributed by atoms with E-state index in [4.69, 9.17) is 4.74 Å². The number of carbonyl (C=O) groups excluding carboxylic acids is 1. The summed E-state index contributed by atoms with van der Waals surface area (Å²) in [6, 6.07) is 0. The van der Waals surface area contributed by atoms with Crippen molar-refractivity contribution >= 4 is 5.97 Å². The number of hydrogen-bond donors (Lipinski definition) is 0. The lowest BCUT2D eigenvalue weighted by Crippen LogP contribution is -2.26. The third kappa shape index (κ3) is 2.93. The minimum atomic E-state index is -0.207. The number of fused-ring (bicyclic) bond motifs is 2. The molecular formula is C17H26O2. The van der Waals surface area contributed by atoms with Gasteiger partial charge in [-0.05, 0) is 61.9 Å². The maximum Gasteiger partial charge on any atom is 0.302 e. The van der Waals surface area contributed by atoms with Crippen LogP contribution in [0.2, 0.25) is 0 Å². The summed E-state index contributed by atoms with van der Waals surface area (Å²) in [4.78, 5) is 10.8. The topological polar surface area (TPSA) is 26.3 Å². The van der Waals surface area contributed by atoms with Gasteiger partial charge in [-0.2, -0.15) is 0 Å². The van der Waals surface area contributed by atoms with Crippen LogP contribution in [0.3, 0.4) is 0 Å². The summed E-state index contributed by atoms with van der Waals surface area (Å²) >= 11 is 0. The van der Waals surface area contributed by atoms with Gasteiger partial charge < -0.3 is 4.74 Å². The van der Waals surface area contributed by atoms with Gasteiger partial charge in [-0.3, -0.25) is 4.79 Å². The second-order valence-corrected chi connectivity index (χ2v) is 6.52. The molecule has 19 heavy (non-hydrogen) atoms. The lowest BCUT2D eigenvalue weighted by molar-refractivity contribution is -0.139. The van der Waals surface area contributed by atoms with Crippen LogP contribution in [0, 0.1) is 17.3 Å². The highest BCUT2D eigenvalue weighted by atomic mass is 16.5. The maximum absolute atomic E-state index is 10.8. The van der Waals surface area contributed by atoms with E-state index in [0.717, 1.165) is 23.8 Å². The van der Waals surface area contributed by atoms with Crippen LogP contribution in [0.25, 0.3) is 0 Å². The third-order valence-electron chi connectivity index (χ3n) is 5.22. The second-order valence-electron chi connectivity index (χ2n) is 6.52. The monoisotopic (exact) mass is 262 g/mol. The lowest BCUT2D eigenvalue weighted by atomic mass is 9.69. The molecule has 106 valence electrons. The van der Waals surface area contributed by atoms with Crippen LogP contribution in [0.5, 0.6) is 0 Å². The summed E-state index contributed by atoms with van der Waals surface area (Å²) in [7, 11) is 0. The molecule has 2 fully saturated rings. The van der Waals surface area contributed by atoms with E-state index >= 15 is 0 Å². The van der Waals surface area contributed by atoms with E-state index in [1.807, 2.05) is 6.92 Å². The Morgan fingerprint density at radius 1 is 1.47 bits per heavy atom. The highest BCUT2D eigenvalue weighted by molar-refractivity contribution is 5.66. The van der Waals surface area contributed by atoms with Gasteiger partial charge in [0.25, 0.3) is 0 Å². The third-order valence-corrected chi connectivity index (χ3v) is 5.22. The molecule has 2 aliphatic rings. The molecule has 3 atom stereocenters. The zero-order chi connectivity index (χ0) is 14.0. The summed E-state index contributed by atoms with van der Waals surface area (Å²) < 4.78 is 5.00. The minimum Gasteiger partial charge on any atom is -0.461 e. The van der Waals surface area contributed by atoms with Gasteiger partial charge in [-0.25, -0.2) is 0 Å². The molecule has 2 bridgehead atoms. The van der Waals surface area contributed by atoms with E-state index in [-0.39, 0.29) is 5.97 Å². The summed E-state index contributed by atoms with van der Waals surface area (Å²) in [6.07, 6.45) is 8.58. The molecule has 0 unspecified atom stereocenters. The van der Waals surface area contributed by atoms with Gasteiger partial charge >= 0.3 is 5.97 Å². The molecule has 2 rings (SSSR count). The first-order chi connectivity index (χ1) is 8.93. The predicted octanol–water partition coefficient (Wildman–Crippen LogP) is 4.27. The molecule has 0 saturated heterocycles. The molecule has 0 aromatic heterocycles. The van der Waals surface area contributed by atoms with Crippen LogP contribution in [0.15, 0.2) is 23.8 Å². The van der Waals surface area contributed by atoms with E-state index < -0.39 is 0 Å². The molecule has 0 spiro atoms. The highest BCUT2D eigenvalue weighted by Gasteiger charge is 2.49. The van der Waals surface area contributed by atoms with Crippen LogP contribution >= 0.6 is 0 Å². The van der Waals surface area contributed by atoms with E-state index in [0.29, 0.717) is 12.0 Å². The Kier molecular flexibility index (Phi) is 4.17. The highest BCUT2D eigenvalue weighted by Crippen LogP contribution is 2.60. The molecule has 2 saturated carbocycles. The zero-order valence-corrected chi connectivity index (χ0v) is 12.5. The van der Waals surface area contributed by atoms with Gasteiger partial charge in [-0.1, -0.05) is 25.2 Å². The largest absolute Gasteiger partial charge is 0.461 e. The predicted molar refractivity (Wildman–Crippen MR) is 77.7 cm³/mol. The van der Waals surface area contributed by atoms with Crippen LogP contribution in [-0.4, -0.2) is 12.6 Å². The van der Waals surface area contributed by atoms with E-state index in [2.05, 4.69) is 19.6 Å². The van der Waals surface area contributed by atoms with Crippen molar-refractivity contribution in [2.75, 3.05) is 6.61 Å². The Labute approximate surface area is 116 Å². The van der Waals surface area contributed by atoms with Gasteiger partial charge in [0.15, 0.2) is 0 Å². The normalized spacial score (nSPS) is 33.8. The summed E-state index contributed by atoms with van der Waals surface area (Å²) in [6.45, 7) is 10.7. The van der Waals surface area contributed by atoms with Crippen LogP contribution in [0.1, 0.15) is 52.9 Å². The van der Waals surface area contributed by atoms with Gasteiger partial charge in [0.1, 0.15) is 6.61 Å². The average molecular weight is 262 g/mol. The van der Waals surface area contributed by atoms with Crippen molar-refractivity contribution < 1.29 is 9.53 Å². The number of esters is 1. The second kappa shape index (κ2) is 5.52. The maximum atomic E-state index is 10.8. The smallest absolute Gasteiger partial charge is 0.302 e. The van der Waals surface area contributed by atoms with Crippen LogP contribution in [-0.2, 0) is 9.53 Å². The first kappa shape index (κ1) is 14.4. The van der Waals surface area contributed by atoms with Gasteiger partial charge in [0.05, 0.1) is 0 Å².